The first-order chi connectivity index (χ1) is 27.3. The number of nitriles is 1. The molecule has 2 aromatic carbocycles. The second kappa shape index (κ2) is 16.4. The highest BCUT2D eigenvalue weighted by molar-refractivity contribution is 6.31. The van der Waals surface area contributed by atoms with Crippen molar-refractivity contribution in [3.05, 3.63) is 116 Å². The third-order valence-electron chi connectivity index (χ3n) is 11.3. The van der Waals surface area contributed by atoms with Crippen LogP contribution in [-0.2, 0) is 0 Å². The molecule has 1 saturated carbocycles. The normalized spacial score (nSPS) is 18.7. The van der Waals surface area contributed by atoms with Crippen molar-refractivity contribution in [2.75, 3.05) is 44.2 Å². The number of unbranched alkanes of at least 4 members (excludes halogenated alkanes) is 2. The molecule has 2 N–H and O–H groups in total. The molecule has 0 unspecified atom stereocenters. The van der Waals surface area contributed by atoms with E-state index in [1.165, 1.54) is 16.8 Å². The zero-order valence-electron chi connectivity index (χ0n) is 32.6. The lowest BCUT2D eigenvalue weighted by atomic mass is 9.49. The molecule has 3 aromatic heterocycles. The molecule has 0 atom stereocenters. The Morgan fingerprint density at radius 1 is 0.930 bits per heavy atom. The van der Waals surface area contributed by atoms with Crippen molar-refractivity contribution < 1.29 is 14.3 Å². The second-order valence-corrected chi connectivity index (χ2v) is 16.4. The number of aromatic amines is 1. The summed E-state index contributed by atoms with van der Waals surface area (Å²) in [7, 11) is 0. The molecule has 2 aliphatic rings. The number of halogens is 1. The number of carbonyl (C=O) groups is 1. The molecule has 1 aliphatic heterocycles. The number of nitrogens with zero attached hydrogens (tertiary/aromatic N) is 6. The van der Waals surface area contributed by atoms with Gasteiger partial charge >= 0.3 is 5.69 Å². The summed E-state index contributed by atoms with van der Waals surface area (Å²) in [5.41, 5.74) is 0.582. The summed E-state index contributed by atoms with van der Waals surface area (Å²) in [5, 5.41) is 13.6. The fourth-order valence-electron chi connectivity index (χ4n) is 8.46. The number of aromatic nitrogens is 4. The summed E-state index contributed by atoms with van der Waals surface area (Å²) in [6.45, 7) is 13.6. The van der Waals surface area contributed by atoms with E-state index in [2.05, 4.69) is 63.8 Å². The minimum atomic E-state index is -0.516. The van der Waals surface area contributed by atoms with Gasteiger partial charge in [-0.05, 0) is 74.3 Å². The zero-order chi connectivity index (χ0) is 40.3. The number of H-pyrrole nitrogens is 1. The van der Waals surface area contributed by atoms with Crippen LogP contribution in [0.2, 0.25) is 5.02 Å². The quantitative estimate of drug-likeness (QED) is 0.136. The number of rotatable bonds is 13. The van der Waals surface area contributed by atoms with Crippen LogP contribution in [0.15, 0.2) is 88.8 Å². The smallest absolute Gasteiger partial charge is 0.332 e. The summed E-state index contributed by atoms with van der Waals surface area (Å²) in [4.78, 5) is 53.2. The predicted octanol–water partition coefficient (Wildman–Crippen LogP) is 5.98. The Labute approximate surface area is 336 Å². The Morgan fingerprint density at radius 3 is 2.40 bits per heavy atom. The Balaban J connectivity index is 0.819. The van der Waals surface area contributed by atoms with E-state index in [9.17, 15) is 19.6 Å². The van der Waals surface area contributed by atoms with Gasteiger partial charge < -0.3 is 19.7 Å². The van der Waals surface area contributed by atoms with Crippen molar-refractivity contribution in [2.45, 2.75) is 59.1 Å². The molecule has 1 amide bonds. The van der Waals surface area contributed by atoms with E-state index < -0.39 is 11.2 Å². The molecule has 57 heavy (non-hydrogen) atoms. The Kier molecular flexibility index (Phi) is 11.4. The monoisotopic (exact) mass is 790 g/mol. The minimum Gasteiger partial charge on any atom is -0.494 e. The van der Waals surface area contributed by atoms with Crippen LogP contribution in [0.25, 0.3) is 16.6 Å². The SMILES string of the molecule is CC1(C)[C@H](NC(=O)c2ccc(N3CCN(CCCCCOc4ccc5ncc(-n6ccc(=O)[nH]c6=O)cc5c4)CC3)nc2)C(C)(C)[C@H]1Oc1ccc(C#N)c(Cl)c1. The Hall–Kier alpha value is -5.71. The van der Waals surface area contributed by atoms with Crippen LogP contribution < -0.4 is 30.9 Å². The van der Waals surface area contributed by atoms with E-state index >= 15 is 0 Å². The topological polar surface area (TPSA) is 158 Å². The molecule has 2 fully saturated rings. The van der Waals surface area contributed by atoms with Gasteiger partial charge in [-0.1, -0.05) is 39.3 Å². The maximum absolute atomic E-state index is 13.4. The molecule has 14 heteroatoms. The maximum Gasteiger partial charge on any atom is 0.332 e. The van der Waals surface area contributed by atoms with Crippen LogP contribution in [0.4, 0.5) is 5.82 Å². The first-order valence-corrected chi connectivity index (χ1v) is 19.7. The Bertz CT molecular complexity index is 2400. The van der Waals surface area contributed by atoms with Crippen molar-refractivity contribution in [1.82, 2.24) is 29.7 Å². The molecule has 4 heterocycles. The summed E-state index contributed by atoms with van der Waals surface area (Å²) >= 11 is 6.24. The fraction of sp³-hybridized carbons (Fsp3) is 0.395. The average molecular weight is 791 g/mol. The lowest BCUT2D eigenvalue weighted by Gasteiger charge is -2.63. The van der Waals surface area contributed by atoms with Gasteiger partial charge in [-0.2, -0.15) is 5.26 Å². The van der Waals surface area contributed by atoms with Crippen LogP contribution in [-0.4, -0.2) is 81.8 Å². The highest BCUT2D eigenvalue weighted by Gasteiger charge is 2.64. The van der Waals surface area contributed by atoms with Crippen LogP contribution in [0.5, 0.6) is 11.5 Å². The lowest BCUT2D eigenvalue weighted by Crippen LogP contribution is -2.74. The number of carbonyl (C=O) groups excluding carboxylic acids is 1. The van der Waals surface area contributed by atoms with Crippen LogP contribution in [0.1, 0.15) is 62.9 Å². The van der Waals surface area contributed by atoms with Crippen molar-refractivity contribution in [3.8, 4) is 23.3 Å². The molecule has 1 saturated heterocycles. The van der Waals surface area contributed by atoms with Gasteiger partial charge in [0.15, 0.2) is 0 Å². The maximum atomic E-state index is 13.4. The first kappa shape index (κ1) is 39.5. The van der Waals surface area contributed by atoms with Gasteiger partial charge in [0.25, 0.3) is 11.5 Å². The highest BCUT2D eigenvalue weighted by Crippen LogP contribution is 2.55. The van der Waals surface area contributed by atoms with Gasteiger partial charge in [0.1, 0.15) is 29.5 Å². The third-order valence-corrected chi connectivity index (χ3v) is 11.6. The summed E-state index contributed by atoms with van der Waals surface area (Å²) in [6.07, 6.45) is 7.58. The van der Waals surface area contributed by atoms with Crippen LogP contribution >= 0.6 is 11.6 Å². The molecular weight excluding hydrogens is 744 g/mol. The molecular formula is C43H47ClN8O5. The largest absolute Gasteiger partial charge is 0.494 e. The van der Waals surface area contributed by atoms with Crippen molar-refractivity contribution in [1.29, 1.82) is 5.26 Å². The Morgan fingerprint density at radius 2 is 1.70 bits per heavy atom. The number of nitrogens with one attached hydrogen (secondary N) is 2. The van der Waals surface area contributed by atoms with E-state index in [0.717, 1.165) is 74.5 Å². The number of pyridine rings is 2. The second-order valence-electron chi connectivity index (χ2n) is 16.0. The molecule has 1 aliphatic carbocycles. The number of anilines is 1. The average Bonchev–Trinajstić information content (AvgIpc) is 3.20. The van der Waals surface area contributed by atoms with Gasteiger partial charge in [-0.15, -0.1) is 0 Å². The summed E-state index contributed by atoms with van der Waals surface area (Å²) < 4.78 is 13.8. The zero-order valence-corrected chi connectivity index (χ0v) is 33.4. The number of benzene rings is 2. The van der Waals surface area contributed by atoms with E-state index in [-0.39, 0.29) is 28.9 Å². The minimum absolute atomic E-state index is 0.139. The van der Waals surface area contributed by atoms with Crippen molar-refractivity contribution in [2.24, 2.45) is 10.8 Å². The molecule has 5 aromatic rings. The van der Waals surface area contributed by atoms with Gasteiger partial charge in [-0.3, -0.25) is 29.0 Å². The predicted molar refractivity (Wildman–Crippen MR) is 220 cm³/mol. The van der Waals surface area contributed by atoms with Gasteiger partial charge in [-0.25, -0.2) is 9.78 Å². The first-order valence-electron chi connectivity index (χ1n) is 19.3. The van der Waals surface area contributed by atoms with Crippen LogP contribution in [0, 0.1) is 22.2 Å². The third kappa shape index (κ3) is 8.52. The van der Waals surface area contributed by atoms with E-state index in [1.807, 2.05) is 36.4 Å². The van der Waals surface area contributed by atoms with E-state index in [0.29, 0.717) is 34.2 Å². The number of hydrogen-bond acceptors (Lipinski definition) is 10. The van der Waals surface area contributed by atoms with Crippen LogP contribution in [0.3, 0.4) is 0 Å². The van der Waals surface area contributed by atoms with Gasteiger partial charge in [0.2, 0.25) is 0 Å². The van der Waals surface area contributed by atoms with Gasteiger partial charge in [0.05, 0.1) is 40.2 Å². The number of amides is 1. The van der Waals surface area contributed by atoms with E-state index in [1.54, 1.807) is 30.6 Å². The molecule has 0 radical (unpaired) electrons. The molecule has 0 spiro atoms. The van der Waals surface area contributed by atoms with Crippen molar-refractivity contribution in [3.63, 3.8) is 0 Å². The molecule has 7 rings (SSSR count). The van der Waals surface area contributed by atoms with E-state index in [4.69, 9.17) is 21.1 Å². The lowest BCUT2D eigenvalue weighted by molar-refractivity contribution is -0.164. The molecule has 0 bridgehead atoms. The molecule has 13 nitrogen and oxygen atoms in total. The van der Waals surface area contributed by atoms with Crippen molar-refractivity contribution >= 4 is 34.2 Å². The number of piperazine rings is 1. The summed E-state index contributed by atoms with van der Waals surface area (Å²) in [5.74, 6) is 2.04. The standard InChI is InChI=1S/C43H47ClN8O5/c1-42(2)39(43(3,4)40(42)57-33-10-8-28(25-45)34(44)24-33)49-38(54)29-9-13-36(47-26-29)51-19-17-50(18-20-51)15-6-5-7-21-56-32-11-12-35-30(23-32)22-31(27-46-35)52-16-14-37(53)48-41(52)55/h8-14,16,22-24,26-27,39-40H,5-7,15,17-21H2,1-4H3,(H,49,54)(H,48,53,55)/t39-,40-. The number of ether oxygens (including phenoxy) is 2. The van der Waals surface area contributed by atoms with Gasteiger partial charge in [0, 0.05) is 73.0 Å². The number of fused-ring (bicyclic) bond motifs is 1. The number of hydrogen-bond donors (Lipinski definition) is 2. The highest BCUT2D eigenvalue weighted by atomic mass is 35.5. The fourth-order valence-corrected chi connectivity index (χ4v) is 8.68. The summed E-state index contributed by atoms with van der Waals surface area (Å²) in [6, 6.07) is 19.6. The molecule has 296 valence electrons.